The van der Waals surface area contributed by atoms with Crippen molar-refractivity contribution in [2.24, 2.45) is 5.92 Å². The molecule has 0 spiro atoms. The zero-order valence-electron chi connectivity index (χ0n) is 16.2. The molecule has 0 bridgehead atoms. The predicted octanol–water partition coefficient (Wildman–Crippen LogP) is 3.42. The van der Waals surface area contributed by atoms with Crippen LogP contribution in [0.3, 0.4) is 0 Å². The van der Waals surface area contributed by atoms with E-state index in [4.69, 9.17) is 0 Å². The molecule has 0 unspecified atom stereocenters. The normalized spacial score (nSPS) is 15.2. The highest BCUT2D eigenvalue weighted by molar-refractivity contribution is 5.79. The molecular weight excluding hydrogens is 364 g/mol. The number of aromatic amines is 1. The van der Waals surface area contributed by atoms with Crippen molar-refractivity contribution in [2.75, 3.05) is 0 Å². The van der Waals surface area contributed by atoms with Crippen LogP contribution < -0.4 is 10.9 Å². The average molecular weight is 388 g/mol. The van der Waals surface area contributed by atoms with Crippen LogP contribution in [0.4, 0.5) is 0 Å². The number of H-pyrrole nitrogens is 1. The maximum absolute atomic E-state index is 12.8. The average Bonchev–Trinajstić information content (AvgIpc) is 3.29. The van der Waals surface area contributed by atoms with Gasteiger partial charge in [0.05, 0.1) is 11.7 Å². The van der Waals surface area contributed by atoms with Crippen LogP contribution in [0.5, 0.6) is 0 Å². The summed E-state index contributed by atoms with van der Waals surface area (Å²) in [6.45, 7) is 0. The molecule has 2 aromatic heterocycles. The zero-order chi connectivity index (χ0) is 20.1. The van der Waals surface area contributed by atoms with Crippen LogP contribution in [-0.4, -0.2) is 20.9 Å². The summed E-state index contributed by atoms with van der Waals surface area (Å²) in [4.78, 5) is 36.6. The van der Waals surface area contributed by atoms with Crippen molar-refractivity contribution in [2.45, 2.75) is 38.1 Å². The lowest BCUT2D eigenvalue weighted by molar-refractivity contribution is -0.125. The number of hydrogen-bond donors (Lipinski definition) is 2. The molecular formula is C23H24N4O2. The molecule has 4 rings (SSSR count). The highest BCUT2D eigenvalue weighted by Crippen LogP contribution is 2.26. The fourth-order valence-electron chi connectivity index (χ4n) is 3.86. The van der Waals surface area contributed by atoms with Gasteiger partial charge >= 0.3 is 0 Å². The second kappa shape index (κ2) is 8.82. The van der Waals surface area contributed by atoms with Gasteiger partial charge in [0.2, 0.25) is 5.91 Å². The molecule has 1 saturated carbocycles. The molecule has 1 aliphatic rings. The fraction of sp³-hybridized carbons (Fsp3) is 0.304. The maximum Gasteiger partial charge on any atom is 0.251 e. The molecule has 2 N–H and O–H groups in total. The van der Waals surface area contributed by atoms with E-state index >= 15 is 0 Å². The quantitative estimate of drug-likeness (QED) is 0.677. The highest BCUT2D eigenvalue weighted by Gasteiger charge is 2.25. The van der Waals surface area contributed by atoms with Gasteiger partial charge in [-0.05, 0) is 30.5 Å². The summed E-state index contributed by atoms with van der Waals surface area (Å²) >= 11 is 0. The molecule has 0 radical (unpaired) electrons. The van der Waals surface area contributed by atoms with E-state index in [0.29, 0.717) is 23.6 Å². The number of pyridine rings is 1. The lowest BCUT2D eigenvalue weighted by atomic mass is 9.99. The van der Waals surface area contributed by atoms with Gasteiger partial charge < -0.3 is 10.3 Å². The van der Waals surface area contributed by atoms with E-state index in [0.717, 1.165) is 31.2 Å². The number of hydrogen-bond acceptors (Lipinski definition) is 4. The molecule has 3 aromatic rings. The number of aromatic nitrogens is 3. The third-order valence-electron chi connectivity index (χ3n) is 5.36. The Labute approximate surface area is 169 Å². The van der Waals surface area contributed by atoms with Gasteiger partial charge in [0, 0.05) is 24.6 Å². The first-order valence-corrected chi connectivity index (χ1v) is 10.1. The van der Waals surface area contributed by atoms with Crippen LogP contribution in [0, 0.1) is 5.92 Å². The van der Waals surface area contributed by atoms with Crippen LogP contribution in [-0.2, 0) is 11.2 Å². The van der Waals surface area contributed by atoms with E-state index < -0.39 is 0 Å². The molecule has 1 aliphatic carbocycles. The summed E-state index contributed by atoms with van der Waals surface area (Å²) in [6.07, 6.45) is 6.21. The Bertz CT molecular complexity index is 1010. The van der Waals surface area contributed by atoms with Crippen LogP contribution >= 0.6 is 0 Å². The van der Waals surface area contributed by atoms with Crippen LogP contribution in [0.1, 0.15) is 43.0 Å². The number of benzene rings is 1. The number of rotatable bonds is 6. The minimum Gasteiger partial charge on any atom is -0.349 e. The van der Waals surface area contributed by atoms with E-state index in [1.807, 2.05) is 42.5 Å². The molecule has 1 aromatic carbocycles. The van der Waals surface area contributed by atoms with Crippen molar-refractivity contribution in [3.8, 4) is 11.5 Å². The molecule has 1 amide bonds. The number of carbonyl (C=O) groups is 1. The first-order chi connectivity index (χ1) is 14.2. The first kappa shape index (κ1) is 19.1. The Morgan fingerprint density at radius 2 is 1.86 bits per heavy atom. The Morgan fingerprint density at radius 1 is 1.10 bits per heavy atom. The van der Waals surface area contributed by atoms with Crippen LogP contribution in [0.25, 0.3) is 11.5 Å². The second-order valence-electron chi connectivity index (χ2n) is 7.46. The van der Waals surface area contributed by atoms with Gasteiger partial charge in [-0.15, -0.1) is 0 Å². The van der Waals surface area contributed by atoms with E-state index in [2.05, 4.69) is 20.3 Å². The Morgan fingerprint density at radius 3 is 2.59 bits per heavy atom. The lowest BCUT2D eigenvalue weighted by Crippen LogP contribution is -2.34. The molecule has 6 heteroatoms. The summed E-state index contributed by atoms with van der Waals surface area (Å²) < 4.78 is 0. The van der Waals surface area contributed by atoms with Crippen molar-refractivity contribution >= 4 is 5.91 Å². The monoisotopic (exact) mass is 388 g/mol. The van der Waals surface area contributed by atoms with Gasteiger partial charge in [-0.3, -0.25) is 14.6 Å². The SMILES string of the molecule is O=C(N[C@H](Cc1cc(=O)[nH]c(-c2ccccn2)n1)c1ccccc1)C1CCCC1. The molecule has 2 heterocycles. The van der Waals surface area contributed by atoms with Crippen molar-refractivity contribution in [1.82, 2.24) is 20.3 Å². The Hall–Kier alpha value is -3.28. The summed E-state index contributed by atoms with van der Waals surface area (Å²) in [5.41, 5.74) is 2.00. The van der Waals surface area contributed by atoms with Crippen molar-refractivity contribution < 1.29 is 4.79 Å². The molecule has 1 atom stereocenters. The molecule has 6 nitrogen and oxygen atoms in total. The molecule has 0 aliphatic heterocycles. The summed E-state index contributed by atoms with van der Waals surface area (Å²) in [5.74, 6) is 0.602. The van der Waals surface area contributed by atoms with Crippen molar-refractivity contribution in [3.05, 3.63) is 82.4 Å². The minimum atomic E-state index is -0.241. The van der Waals surface area contributed by atoms with Gasteiger partial charge in [0.1, 0.15) is 5.69 Å². The predicted molar refractivity (Wildman–Crippen MR) is 111 cm³/mol. The van der Waals surface area contributed by atoms with E-state index in [-0.39, 0.29) is 23.4 Å². The van der Waals surface area contributed by atoms with Crippen LogP contribution in [0.2, 0.25) is 0 Å². The minimum absolute atomic E-state index is 0.0810. The van der Waals surface area contributed by atoms with Crippen molar-refractivity contribution in [3.63, 3.8) is 0 Å². The maximum atomic E-state index is 12.8. The van der Waals surface area contributed by atoms with Gasteiger partial charge in [0.25, 0.3) is 5.56 Å². The zero-order valence-corrected chi connectivity index (χ0v) is 16.2. The molecule has 1 fully saturated rings. The van der Waals surface area contributed by atoms with Gasteiger partial charge in [0.15, 0.2) is 5.82 Å². The number of carbonyl (C=O) groups excluding carboxylic acids is 1. The fourth-order valence-corrected chi connectivity index (χ4v) is 3.86. The third-order valence-corrected chi connectivity index (χ3v) is 5.36. The van der Waals surface area contributed by atoms with E-state index in [1.165, 1.54) is 6.07 Å². The Kier molecular flexibility index (Phi) is 5.79. The van der Waals surface area contributed by atoms with Gasteiger partial charge in [-0.25, -0.2) is 4.98 Å². The second-order valence-corrected chi connectivity index (χ2v) is 7.46. The lowest BCUT2D eigenvalue weighted by Gasteiger charge is -2.21. The topological polar surface area (TPSA) is 87.7 Å². The summed E-state index contributed by atoms with van der Waals surface area (Å²) in [6, 6.07) is 16.6. The molecule has 148 valence electrons. The van der Waals surface area contributed by atoms with Gasteiger partial charge in [-0.2, -0.15) is 0 Å². The van der Waals surface area contributed by atoms with E-state index in [9.17, 15) is 9.59 Å². The molecule has 0 saturated heterocycles. The highest BCUT2D eigenvalue weighted by atomic mass is 16.2. The summed E-state index contributed by atoms with van der Waals surface area (Å²) in [5, 5.41) is 3.20. The number of amides is 1. The largest absolute Gasteiger partial charge is 0.349 e. The molecule has 29 heavy (non-hydrogen) atoms. The van der Waals surface area contributed by atoms with Crippen LogP contribution in [0.15, 0.2) is 65.6 Å². The van der Waals surface area contributed by atoms with Crippen molar-refractivity contribution in [1.29, 1.82) is 0 Å². The third kappa shape index (κ3) is 4.77. The first-order valence-electron chi connectivity index (χ1n) is 10.1. The summed E-state index contributed by atoms with van der Waals surface area (Å²) in [7, 11) is 0. The number of nitrogens with one attached hydrogen (secondary N) is 2. The Balaban J connectivity index is 1.61. The smallest absolute Gasteiger partial charge is 0.251 e. The standard InChI is InChI=1S/C23H24N4O2/c28-21-15-18(25-22(27-21)19-12-6-7-13-24-19)14-20(16-8-2-1-3-9-16)26-23(29)17-10-4-5-11-17/h1-3,6-9,12-13,15,17,20H,4-5,10-11,14H2,(H,26,29)(H,25,27,28)/t20-/m1/s1. The van der Waals surface area contributed by atoms with Gasteiger partial charge in [-0.1, -0.05) is 49.2 Å². The number of nitrogens with zero attached hydrogens (tertiary/aromatic N) is 2. The van der Waals surface area contributed by atoms with E-state index in [1.54, 1.807) is 12.3 Å².